The van der Waals surface area contributed by atoms with Crippen molar-refractivity contribution in [3.8, 4) is 16.5 Å². The molecule has 1 N–H and O–H groups in total. The molecule has 5 heteroatoms. The summed E-state index contributed by atoms with van der Waals surface area (Å²) in [5.41, 5.74) is 3.56. The number of rotatable bonds is 3. The van der Waals surface area contributed by atoms with E-state index in [4.69, 9.17) is 5.26 Å². The Labute approximate surface area is 132 Å². The minimum absolute atomic E-state index is 0.418. The molecular formula is C17H14N2O2S. The van der Waals surface area contributed by atoms with Crippen LogP contribution in [0.25, 0.3) is 10.4 Å². The van der Waals surface area contributed by atoms with E-state index in [-0.39, 0.29) is 0 Å². The summed E-state index contributed by atoms with van der Waals surface area (Å²) in [6.45, 7) is 0. The summed E-state index contributed by atoms with van der Waals surface area (Å²) < 4.78 is 0. The first-order valence-electron chi connectivity index (χ1n) is 7.02. The summed E-state index contributed by atoms with van der Waals surface area (Å²) in [5.74, 6) is -2.25. The smallest absolute Gasteiger partial charge is 0.245 e. The van der Waals surface area contributed by atoms with Crippen LogP contribution in [0, 0.1) is 17.2 Å². The van der Waals surface area contributed by atoms with E-state index >= 15 is 0 Å². The molecule has 2 aromatic rings. The maximum atomic E-state index is 12.4. The van der Waals surface area contributed by atoms with Crippen LogP contribution in [0.2, 0.25) is 0 Å². The van der Waals surface area contributed by atoms with E-state index in [2.05, 4.69) is 17.4 Å². The Morgan fingerprint density at radius 1 is 1.27 bits per heavy atom. The second-order valence-electron chi connectivity index (χ2n) is 5.16. The molecule has 1 heterocycles. The Balaban J connectivity index is 2.00. The third-order valence-corrected chi connectivity index (χ3v) is 5.10. The highest BCUT2D eigenvalue weighted by Crippen LogP contribution is 2.40. The number of carbonyl (C=O) groups is 2. The normalized spacial score (nSPS) is 13.5. The fourth-order valence-electron chi connectivity index (χ4n) is 2.72. The standard InChI is InChI=1S/C17H14N2O2S/c1-19-17(21)13(9-18)15(20)14-8-11-7-6-10-4-2-3-5-12(10)16(11)22-14/h2-5,8,13H,6-7H2,1H3,(H,19,21)/t13-/m0/s1. The summed E-state index contributed by atoms with van der Waals surface area (Å²) in [7, 11) is 1.43. The highest BCUT2D eigenvalue weighted by atomic mass is 32.1. The lowest BCUT2D eigenvalue weighted by Gasteiger charge is -2.15. The SMILES string of the molecule is CNC(=O)[C@@H](C#N)C(=O)c1cc2c(s1)-c1ccccc1CC2. The quantitative estimate of drug-likeness (QED) is 0.699. The second kappa shape index (κ2) is 5.74. The van der Waals surface area contributed by atoms with E-state index in [0.29, 0.717) is 4.88 Å². The first-order chi connectivity index (χ1) is 10.7. The van der Waals surface area contributed by atoms with Gasteiger partial charge in [-0.25, -0.2) is 0 Å². The molecule has 4 nitrogen and oxygen atoms in total. The number of hydrogen-bond donors (Lipinski definition) is 1. The van der Waals surface area contributed by atoms with Crippen molar-refractivity contribution < 1.29 is 9.59 Å². The van der Waals surface area contributed by atoms with Gasteiger partial charge >= 0.3 is 0 Å². The maximum Gasteiger partial charge on any atom is 0.245 e. The van der Waals surface area contributed by atoms with Crippen LogP contribution in [0.15, 0.2) is 30.3 Å². The zero-order valence-electron chi connectivity index (χ0n) is 12.1. The number of benzene rings is 1. The lowest BCUT2D eigenvalue weighted by molar-refractivity contribution is -0.121. The number of amides is 1. The Hall–Kier alpha value is -2.45. The average molecular weight is 310 g/mol. The van der Waals surface area contributed by atoms with Crippen LogP contribution in [0.5, 0.6) is 0 Å². The summed E-state index contributed by atoms with van der Waals surface area (Å²) in [6, 6.07) is 11.8. The predicted octanol–water partition coefficient (Wildman–Crippen LogP) is 2.58. The number of nitriles is 1. The van der Waals surface area contributed by atoms with Gasteiger partial charge in [-0.3, -0.25) is 9.59 Å². The van der Waals surface area contributed by atoms with Gasteiger partial charge in [0.05, 0.1) is 10.9 Å². The molecule has 3 rings (SSSR count). The van der Waals surface area contributed by atoms with Gasteiger partial charge < -0.3 is 5.32 Å². The molecule has 0 fully saturated rings. The van der Waals surface area contributed by atoms with E-state index in [9.17, 15) is 9.59 Å². The molecule has 1 aromatic carbocycles. The molecule has 1 atom stereocenters. The van der Waals surface area contributed by atoms with E-state index in [1.165, 1.54) is 23.9 Å². The molecule has 22 heavy (non-hydrogen) atoms. The van der Waals surface area contributed by atoms with Crippen LogP contribution >= 0.6 is 11.3 Å². The van der Waals surface area contributed by atoms with E-state index < -0.39 is 17.6 Å². The summed E-state index contributed by atoms with van der Waals surface area (Å²) in [4.78, 5) is 25.6. The fraction of sp³-hybridized carbons (Fsp3) is 0.235. The number of nitrogens with one attached hydrogen (secondary N) is 1. The van der Waals surface area contributed by atoms with Gasteiger partial charge in [0, 0.05) is 11.9 Å². The highest BCUT2D eigenvalue weighted by molar-refractivity contribution is 7.17. The van der Waals surface area contributed by atoms with Gasteiger partial charge in [-0.1, -0.05) is 24.3 Å². The Kier molecular flexibility index (Phi) is 3.78. The van der Waals surface area contributed by atoms with Gasteiger partial charge in [0.2, 0.25) is 5.91 Å². The molecule has 110 valence electrons. The van der Waals surface area contributed by atoms with Crippen molar-refractivity contribution in [3.63, 3.8) is 0 Å². The van der Waals surface area contributed by atoms with Crippen LogP contribution in [-0.2, 0) is 17.6 Å². The summed E-state index contributed by atoms with van der Waals surface area (Å²) in [5, 5.41) is 11.5. The number of thiophene rings is 1. The molecule has 0 spiro atoms. The number of Topliss-reactive ketones (excluding diaryl/α,β-unsaturated/α-hetero) is 1. The molecule has 1 aliphatic carbocycles. The van der Waals surface area contributed by atoms with Crippen molar-refractivity contribution in [3.05, 3.63) is 46.3 Å². The number of carbonyl (C=O) groups excluding carboxylic acids is 2. The lowest BCUT2D eigenvalue weighted by Crippen LogP contribution is -2.31. The van der Waals surface area contributed by atoms with Crippen molar-refractivity contribution in [2.45, 2.75) is 12.8 Å². The zero-order valence-corrected chi connectivity index (χ0v) is 12.9. The van der Waals surface area contributed by atoms with Crippen molar-refractivity contribution in [1.82, 2.24) is 5.32 Å². The monoisotopic (exact) mass is 310 g/mol. The fourth-order valence-corrected chi connectivity index (χ4v) is 3.96. The van der Waals surface area contributed by atoms with Crippen LogP contribution in [-0.4, -0.2) is 18.7 Å². The van der Waals surface area contributed by atoms with Crippen molar-refractivity contribution in [2.24, 2.45) is 5.92 Å². The topological polar surface area (TPSA) is 70.0 Å². The van der Waals surface area contributed by atoms with Gasteiger partial charge in [0.25, 0.3) is 0 Å². The van der Waals surface area contributed by atoms with Gasteiger partial charge in [-0.2, -0.15) is 5.26 Å². The van der Waals surface area contributed by atoms with Gasteiger partial charge in [-0.15, -0.1) is 11.3 Å². The molecule has 1 aliphatic rings. The average Bonchev–Trinajstić information content (AvgIpc) is 2.99. The molecule has 0 saturated heterocycles. The van der Waals surface area contributed by atoms with E-state index in [0.717, 1.165) is 28.8 Å². The Bertz CT molecular complexity index is 801. The van der Waals surface area contributed by atoms with Gasteiger partial charge in [-0.05, 0) is 35.6 Å². The molecule has 0 saturated carbocycles. The number of ketones is 1. The van der Waals surface area contributed by atoms with Crippen LogP contribution in [0.3, 0.4) is 0 Å². The minimum Gasteiger partial charge on any atom is -0.358 e. The molecule has 0 unspecified atom stereocenters. The van der Waals surface area contributed by atoms with E-state index in [1.54, 1.807) is 6.07 Å². The van der Waals surface area contributed by atoms with Gasteiger partial charge in [0.1, 0.15) is 0 Å². The zero-order chi connectivity index (χ0) is 15.7. The van der Waals surface area contributed by atoms with Crippen molar-refractivity contribution in [1.29, 1.82) is 5.26 Å². The largest absolute Gasteiger partial charge is 0.358 e. The van der Waals surface area contributed by atoms with E-state index in [1.807, 2.05) is 18.2 Å². The Morgan fingerprint density at radius 3 is 2.73 bits per heavy atom. The van der Waals surface area contributed by atoms with Crippen molar-refractivity contribution >= 4 is 23.0 Å². The number of hydrogen-bond acceptors (Lipinski definition) is 4. The minimum atomic E-state index is -1.28. The predicted molar refractivity (Wildman–Crippen MR) is 84.7 cm³/mol. The number of aryl methyl sites for hydroxylation is 2. The van der Waals surface area contributed by atoms with Crippen molar-refractivity contribution in [2.75, 3.05) is 7.05 Å². The van der Waals surface area contributed by atoms with Crippen LogP contribution in [0.4, 0.5) is 0 Å². The number of fused-ring (bicyclic) bond motifs is 3. The Morgan fingerprint density at radius 2 is 2.00 bits per heavy atom. The molecule has 0 aliphatic heterocycles. The third kappa shape index (κ3) is 2.32. The highest BCUT2D eigenvalue weighted by Gasteiger charge is 2.30. The first-order valence-corrected chi connectivity index (χ1v) is 7.83. The third-order valence-electron chi connectivity index (χ3n) is 3.88. The van der Waals surface area contributed by atoms with Crippen LogP contribution in [0.1, 0.15) is 20.8 Å². The molecule has 0 radical (unpaired) electrons. The molecule has 1 amide bonds. The lowest BCUT2D eigenvalue weighted by atomic mass is 9.91. The molecule has 0 bridgehead atoms. The summed E-state index contributed by atoms with van der Waals surface area (Å²) in [6.07, 6.45) is 1.83. The van der Waals surface area contributed by atoms with Crippen LogP contribution < -0.4 is 5.32 Å². The number of nitrogens with zero attached hydrogens (tertiary/aromatic N) is 1. The molecule has 1 aromatic heterocycles. The molecular weight excluding hydrogens is 296 g/mol. The maximum absolute atomic E-state index is 12.4. The first kappa shape index (κ1) is 14.5. The van der Waals surface area contributed by atoms with Gasteiger partial charge in [0.15, 0.2) is 11.7 Å². The summed E-state index contributed by atoms with van der Waals surface area (Å²) >= 11 is 1.38. The second-order valence-corrected chi connectivity index (χ2v) is 6.21.